The Morgan fingerprint density at radius 2 is 1.92 bits per heavy atom. The minimum Gasteiger partial charge on any atom is -0.748 e. The summed E-state index contributed by atoms with van der Waals surface area (Å²) in [7, 11) is -2.35. The lowest BCUT2D eigenvalue weighted by Gasteiger charge is -2.12. The smallest absolute Gasteiger partial charge is 0.225 e. The minimum atomic E-state index is -4.15. The molecular weight excluding hydrogens is 342 g/mol. The van der Waals surface area contributed by atoms with E-state index in [2.05, 4.69) is 5.10 Å². The zero-order valence-electron chi connectivity index (χ0n) is 13.9. The lowest BCUT2D eigenvalue weighted by Crippen LogP contribution is -2.38. The van der Waals surface area contributed by atoms with E-state index in [0.29, 0.717) is 19.4 Å². The number of aromatic nitrogens is 1. The molecule has 1 heterocycles. The number of aryl methyl sites for hydroxylation is 1. The van der Waals surface area contributed by atoms with Crippen molar-refractivity contribution in [2.75, 3.05) is 17.8 Å². The maximum atomic E-state index is 10.6. The molecule has 1 aromatic carbocycles. The fourth-order valence-corrected chi connectivity index (χ4v) is 2.81. The lowest BCUT2D eigenvalue weighted by molar-refractivity contribution is -0.698. The van der Waals surface area contributed by atoms with E-state index in [0.717, 1.165) is 11.4 Å². The van der Waals surface area contributed by atoms with E-state index in [1.165, 1.54) is 0 Å². The number of nitrogens with zero attached hydrogens (tertiary/aromatic N) is 3. The molecule has 0 aliphatic heterocycles. The van der Waals surface area contributed by atoms with Crippen LogP contribution < -0.4 is 9.58 Å². The molecule has 1 aromatic heterocycles. The van der Waals surface area contributed by atoms with Crippen LogP contribution in [0.3, 0.4) is 0 Å². The molecule has 0 fully saturated rings. The number of rotatable bonds is 8. The predicted molar refractivity (Wildman–Crippen MR) is 94.5 cm³/mol. The van der Waals surface area contributed by atoms with E-state index in [1.807, 2.05) is 29.0 Å². The van der Waals surface area contributed by atoms with E-state index >= 15 is 0 Å². The fourth-order valence-electron chi connectivity index (χ4n) is 2.25. The Kier molecular flexibility index (Phi) is 6.49. The second-order valence-electron chi connectivity index (χ2n) is 5.57. The quantitative estimate of drug-likeness (QED) is 0.252. The Bertz CT molecular complexity index is 820. The molecule has 0 saturated heterocycles. The van der Waals surface area contributed by atoms with Gasteiger partial charge in [0.25, 0.3) is 0 Å². The number of anilines is 1. The molecule has 0 aliphatic carbocycles. The molecule has 0 unspecified atom stereocenters. The van der Waals surface area contributed by atoms with Crippen molar-refractivity contribution in [3.63, 3.8) is 0 Å². The number of aromatic hydroxyl groups is 1. The van der Waals surface area contributed by atoms with E-state index in [4.69, 9.17) is 0 Å². The zero-order valence-corrected chi connectivity index (χ0v) is 14.8. The summed E-state index contributed by atoms with van der Waals surface area (Å²) in [6, 6.07) is 12.4. The monoisotopic (exact) mass is 363 g/mol. The Labute approximate surface area is 147 Å². The second kappa shape index (κ2) is 8.59. The van der Waals surface area contributed by atoms with E-state index in [9.17, 15) is 18.1 Å². The summed E-state index contributed by atoms with van der Waals surface area (Å²) in [6.45, 7) is 0.598. The Hall–Kier alpha value is -2.45. The van der Waals surface area contributed by atoms with Gasteiger partial charge < -0.3 is 9.66 Å². The van der Waals surface area contributed by atoms with Gasteiger partial charge in [0.05, 0.1) is 15.8 Å². The molecule has 25 heavy (non-hydrogen) atoms. The molecule has 134 valence electrons. The number of hydrazone groups is 1. The van der Waals surface area contributed by atoms with Gasteiger partial charge in [0.15, 0.2) is 6.20 Å². The Balaban J connectivity index is 2.00. The van der Waals surface area contributed by atoms with Crippen LogP contribution in [0.5, 0.6) is 5.75 Å². The molecule has 0 saturated carbocycles. The molecule has 7 nitrogen and oxygen atoms in total. The van der Waals surface area contributed by atoms with E-state index < -0.39 is 10.1 Å². The average Bonchev–Trinajstić information content (AvgIpc) is 2.57. The van der Waals surface area contributed by atoms with Crippen LogP contribution in [0.4, 0.5) is 5.69 Å². The van der Waals surface area contributed by atoms with Gasteiger partial charge >= 0.3 is 0 Å². The van der Waals surface area contributed by atoms with Gasteiger partial charge in [-0.05, 0) is 36.8 Å². The average molecular weight is 363 g/mol. The topological polar surface area (TPSA) is 96.9 Å². The number of phenolic OH excluding ortho intramolecular Hbond substituents is 1. The van der Waals surface area contributed by atoms with Crippen molar-refractivity contribution < 1.29 is 22.6 Å². The second-order valence-corrected chi connectivity index (χ2v) is 7.10. The predicted octanol–water partition coefficient (Wildman–Crippen LogP) is 1.48. The van der Waals surface area contributed by atoms with Crippen molar-refractivity contribution in [1.29, 1.82) is 0 Å². The fraction of sp³-hybridized carbons (Fsp3) is 0.294. The summed E-state index contributed by atoms with van der Waals surface area (Å²) < 4.78 is 33.9. The maximum absolute atomic E-state index is 10.6. The summed E-state index contributed by atoms with van der Waals surface area (Å²) in [4.78, 5) is 0. The standard InChI is InChI=1S/C17H21N3O4S/c1-19(15-7-9-17(21)10-8-15)18-14-16-6-2-3-11-20(16)12-4-5-13-25(22,23)24/h2-3,6-11,14H,4-5,12-13H2,1H3,(H-,18,21,22,23,24). The highest BCUT2D eigenvalue weighted by molar-refractivity contribution is 7.85. The lowest BCUT2D eigenvalue weighted by atomic mass is 10.3. The van der Waals surface area contributed by atoms with Crippen molar-refractivity contribution in [1.82, 2.24) is 0 Å². The van der Waals surface area contributed by atoms with Gasteiger partial charge in [-0.25, -0.2) is 8.42 Å². The molecular formula is C17H21N3O4S. The number of unbranched alkanes of at least 4 members (excludes halogenated alkanes) is 1. The van der Waals surface area contributed by atoms with Gasteiger partial charge in [-0.1, -0.05) is 0 Å². The number of phenols is 1. The molecule has 0 radical (unpaired) electrons. The maximum Gasteiger partial charge on any atom is 0.225 e. The normalized spacial score (nSPS) is 11.8. The summed E-state index contributed by atoms with van der Waals surface area (Å²) in [5.41, 5.74) is 1.69. The van der Waals surface area contributed by atoms with Crippen LogP contribution in [-0.2, 0) is 16.7 Å². The van der Waals surface area contributed by atoms with Crippen LogP contribution in [-0.4, -0.2) is 37.1 Å². The third-order valence-corrected chi connectivity index (χ3v) is 4.39. The molecule has 0 aliphatic rings. The first-order chi connectivity index (χ1) is 11.8. The molecule has 0 amide bonds. The van der Waals surface area contributed by atoms with Crippen LogP contribution in [0.25, 0.3) is 0 Å². The number of benzene rings is 1. The van der Waals surface area contributed by atoms with E-state index in [1.54, 1.807) is 42.5 Å². The largest absolute Gasteiger partial charge is 0.748 e. The van der Waals surface area contributed by atoms with Gasteiger partial charge in [0.1, 0.15) is 18.5 Å². The minimum absolute atomic E-state index is 0.196. The SMILES string of the molecule is CN(/N=C/c1cccc[n+]1CCCCS(=O)(=O)[O-])c1ccc(O)cc1. The molecule has 0 spiro atoms. The van der Waals surface area contributed by atoms with Gasteiger partial charge in [0, 0.05) is 31.4 Å². The molecule has 2 rings (SSSR count). The highest BCUT2D eigenvalue weighted by Crippen LogP contribution is 2.17. The number of hydrogen-bond donors (Lipinski definition) is 1. The summed E-state index contributed by atoms with van der Waals surface area (Å²) in [5, 5.41) is 15.4. The van der Waals surface area contributed by atoms with Crippen molar-refractivity contribution in [3.05, 3.63) is 54.4 Å². The first kappa shape index (κ1) is 18.9. The Morgan fingerprint density at radius 3 is 2.60 bits per heavy atom. The van der Waals surface area contributed by atoms with Crippen LogP contribution in [0.1, 0.15) is 18.5 Å². The first-order valence-corrected chi connectivity index (χ1v) is 9.42. The molecule has 0 bridgehead atoms. The number of hydrogen-bond acceptors (Lipinski definition) is 6. The van der Waals surface area contributed by atoms with Gasteiger partial charge in [0.2, 0.25) is 5.69 Å². The summed E-state index contributed by atoms with van der Waals surface area (Å²) >= 11 is 0. The molecule has 2 aromatic rings. The molecule has 8 heteroatoms. The molecule has 1 N–H and O–H groups in total. The van der Waals surface area contributed by atoms with Crippen LogP contribution in [0.2, 0.25) is 0 Å². The van der Waals surface area contributed by atoms with Crippen molar-refractivity contribution in [2.45, 2.75) is 19.4 Å². The highest BCUT2D eigenvalue weighted by Gasteiger charge is 2.08. The number of pyridine rings is 1. The van der Waals surface area contributed by atoms with Crippen LogP contribution in [0.15, 0.2) is 53.8 Å². The van der Waals surface area contributed by atoms with Crippen LogP contribution >= 0.6 is 0 Å². The van der Waals surface area contributed by atoms with Crippen molar-refractivity contribution >= 4 is 22.0 Å². The summed E-state index contributed by atoms with van der Waals surface area (Å²) in [5.74, 6) is -0.143. The van der Waals surface area contributed by atoms with E-state index in [-0.39, 0.29) is 11.5 Å². The third-order valence-electron chi connectivity index (χ3n) is 3.61. The summed E-state index contributed by atoms with van der Waals surface area (Å²) in [6.07, 6.45) is 4.51. The van der Waals surface area contributed by atoms with Crippen molar-refractivity contribution in [2.24, 2.45) is 5.10 Å². The zero-order chi connectivity index (χ0) is 18.3. The van der Waals surface area contributed by atoms with Gasteiger partial charge in [-0.2, -0.15) is 9.67 Å². The highest BCUT2D eigenvalue weighted by atomic mass is 32.2. The third kappa shape index (κ3) is 6.52. The molecule has 0 atom stereocenters. The van der Waals surface area contributed by atoms with Gasteiger partial charge in [-0.15, -0.1) is 0 Å². The van der Waals surface area contributed by atoms with Gasteiger partial charge in [-0.3, -0.25) is 5.01 Å². The van der Waals surface area contributed by atoms with Crippen molar-refractivity contribution in [3.8, 4) is 5.75 Å². The first-order valence-electron chi connectivity index (χ1n) is 7.84. The Morgan fingerprint density at radius 1 is 1.20 bits per heavy atom. The van der Waals surface area contributed by atoms with Crippen LogP contribution in [0, 0.1) is 0 Å².